The summed E-state index contributed by atoms with van der Waals surface area (Å²) in [6.07, 6.45) is 6.81. The molecule has 1 aliphatic carbocycles. The summed E-state index contributed by atoms with van der Waals surface area (Å²) in [4.78, 5) is 29.0. The lowest BCUT2D eigenvalue weighted by Gasteiger charge is -2.14. The Bertz CT molecular complexity index is 1180. The van der Waals surface area contributed by atoms with Gasteiger partial charge in [-0.15, -0.1) is 0 Å². The molecule has 1 aromatic carbocycles. The number of nitrogens with one attached hydrogen (secondary N) is 1. The summed E-state index contributed by atoms with van der Waals surface area (Å²) >= 11 is 0. The van der Waals surface area contributed by atoms with Crippen LogP contribution in [0.25, 0.3) is 10.9 Å². The Morgan fingerprint density at radius 3 is 2.81 bits per heavy atom. The van der Waals surface area contributed by atoms with Gasteiger partial charge in [-0.25, -0.2) is 4.79 Å². The van der Waals surface area contributed by atoms with Gasteiger partial charge in [0.25, 0.3) is 0 Å². The third-order valence-electron chi connectivity index (χ3n) is 6.95. The number of ether oxygens (including phenoxy) is 2. The standard InChI is InChI=1S/C26H30N2O4/c1-16-12-21(17(2)28(16)14-19-6-5-11-31-19)25(29)15-32-26(30)18-9-10-24-22(13-18)20-7-3-4-8-23(20)27-24/h9-10,12-13,19,27H,3-8,11,14-15H2,1-2H3/t19-/m0/s1. The van der Waals surface area contributed by atoms with Crippen molar-refractivity contribution in [1.82, 2.24) is 9.55 Å². The van der Waals surface area contributed by atoms with Crippen molar-refractivity contribution in [2.45, 2.75) is 65.0 Å². The highest BCUT2D eigenvalue weighted by Crippen LogP contribution is 2.30. The van der Waals surface area contributed by atoms with E-state index in [9.17, 15) is 9.59 Å². The molecule has 3 aromatic rings. The van der Waals surface area contributed by atoms with Gasteiger partial charge in [0, 0.05) is 46.7 Å². The number of hydrogen-bond donors (Lipinski definition) is 1. The first kappa shape index (κ1) is 21.0. The molecule has 1 saturated heterocycles. The molecule has 6 nitrogen and oxygen atoms in total. The van der Waals surface area contributed by atoms with Gasteiger partial charge in [-0.2, -0.15) is 0 Å². The number of Topliss-reactive ketones (excluding diaryl/α,β-unsaturated/α-hetero) is 1. The third kappa shape index (κ3) is 3.88. The SMILES string of the molecule is Cc1cc(C(=O)COC(=O)c2ccc3[nH]c4c(c3c2)CCCC4)c(C)n1C[C@@H]1CCCO1. The summed E-state index contributed by atoms with van der Waals surface area (Å²) in [7, 11) is 0. The van der Waals surface area contributed by atoms with E-state index in [0.29, 0.717) is 11.1 Å². The molecule has 0 unspecified atom stereocenters. The lowest BCUT2D eigenvalue weighted by molar-refractivity contribution is 0.0474. The van der Waals surface area contributed by atoms with Crippen LogP contribution in [-0.4, -0.2) is 40.6 Å². The van der Waals surface area contributed by atoms with Crippen molar-refractivity contribution in [3.05, 3.63) is 58.0 Å². The zero-order valence-corrected chi connectivity index (χ0v) is 18.8. The van der Waals surface area contributed by atoms with Gasteiger partial charge in [-0.05, 0) is 82.2 Å². The molecule has 0 spiro atoms. The highest BCUT2D eigenvalue weighted by Gasteiger charge is 2.22. The van der Waals surface area contributed by atoms with E-state index in [0.717, 1.165) is 61.1 Å². The predicted molar refractivity (Wildman–Crippen MR) is 122 cm³/mol. The van der Waals surface area contributed by atoms with Gasteiger partial charge in [0.05, 0.1) is 11.7 Å². The van der Waals surface area contributed by atoms with Crippen LogP contribution in [-0.2, 0) is 28.9 Å². The van der Waals surface area contributed by atoms with E-state index in [-0.39, 0.29) is 18.5 Å². The number of aromatic amines is 1. The highest BCUT2D eigenvalue weighted by atomic mass is 16.5. The summed E-state index contributed by atoms with van der Waals surface area (Å²) in [5, 5.41) is 1.10. The number of esters is 1. The van der Waals surface area contributed by atoms with Crippen molar-refractivity contribution in [3.8, 4) is 0 Å². The quantitative estimate of drug-likeness (QED) is 0.451. The molecule has 3 heterocycles. The number of benzene rings is 1. The number of H-pyrrole nitrogens is 1. The molecule has 0 bridgehead atoms. The molecule has 1 N–H and O–H groups in total. The topological polar surface area (TPSA) is 73.3 Å². The highest BCUT2D eigenvalue weighted by molar-refractivity contribution is 6.01. The van der Waals surface area contributed by atoms with Crippen LogP contribution in [0.1, 0.15) is 69.0 Å². The molecule has 2 aliphatic rings. The Hall–Kier alpha value is -2.86. The number of aryl methyl sites for hydroxylation is 3. The summed E-state index contributed by atoms with van der Waals surface area (Å²) < 4.78 is 13.3. The first-order valence-electron chi connectivity index (χ1n) is 11.6. The van der Waals surface area contributed by atoms with Crippen molar-refractivity contribution in [2.75, 3.05) is 13.2 Å². The first-order chi connectivity index (χ1) is 15.5. The molecule has 0 radical (unpaired) electrons. The molecule has 0 amide bonds. The Morgan fingerprint density at radius 2 is 2.00 bits per heavy atom. The van der Waals surface area contributed by atoms with E-state index in [4.69, 9.17) is 9.47 Å². The number of aromatic nitrogens is 2. The minimum atomic E-state index is -0.459. The van der Waals surface area contributed by atoms with Crippen LogP contribution in [0.4, 0.5) is 0 Å². The summed E-state index contributed by atoms with van der Waals surface area (Å²) in [6, 6.07) is 7.49. The normalized spacial score (nSPS) is 18.1. The molecule has 5 rings (SSSR count). The fraction of sp³-hybridized carbons (Fsp3) is 0.462. The van der Waals surface area contributed by atoms with Gasteiger partial charge < -0.3 is 19.0 Å². The average molecular weight is 435 g/mol. The number of ketones is 1. The summed E-state index contributed by atoms with van der Waals surface area (Å²) in [6.45, 7) is 5.25. The van der Waals surface area contributed by atoms with E-state index in [1.165, 1.54) is 24.1 Å². The van der Waals surface area contributed by atoms with E-state index < -0.39 is 5.97 Å². The maximum Gasteiger partial charge on any atom is 0.338 e. The molecular formula is C26H30N2O4. The minimum absolute atomic E-state index is 0.176. The van der Waals surface area contributed by atoms with Crippen LogP contribution >= 0.6 is 0 Å². The zero-order valence-electron chi connectivity index (χ0n) is 18.8. The second-order valence-electron chi connectivity index (χ2n) is 9.08. The van der Waals surface area contributed by atoms with Crippen molar-refractivity contribution < 1.29 is 19.1 Å². The van der Waals surface area contributed by atoms with E-state index in [1.807, 2.05) is 32.0 Å². The van der Waals surface area contributed by atoms with Crippen molar-refractivity contribution >= 4 is 22.7 Å². The fourth-order valence-corrected chi connectivity index (χ4v) is 5.18. The molecule has 1 fully saturated rings. The van der Waals surface area contributed by atoms with Crippen molar-refractivity contribution in [1.29, 1.82) is 0 Å². The molecule has 168 valence electrons. The second-order valence-corrected chi connectivity index (χ2v) is 9.08. The van der Waals surface area contributed by atoms with Gasteiger partial charge in [-0.1, -0.05) is 0 Å². The van der Waals surface area contributed by atoms with Gasteiger partial charge in [0.15, 0.2) is 6.61 Å². The Balaban J connectivity index is 1.27. The molecule has 2 aromatic heterocycles. The van der Waals surface area contributed by atoms with Crippen LogP contribution in [0.5, 0.6) is 0 Å². The largest absolute Gasteiger partial charge is 0.454 e. The minimum Gasteiger partial charge on any atom is -0.454 e. The van der Waals surface area contributed by atoms with Gasteiger partial charge >= 0.3 is 5.97 Å². The van der Waals surface area contributed by atoms with E-state index in [1.54, 1.807) is 6.07 Å². The maximum atomic E-state index is 12.8. The number of rotatable bonds is 6. The lowest BCUT2D eigenvalue weighted by Crippen LogP contribution is -2.18. The van der Waals surface area contributed by atoms with Gasteiger partial charge in [0.1, 0.15) is 0 Å². The lowest BCUT2D eigenvalue weighted by atomic mass is 9.95. The Labute approximate surface area is 187 Å². The van der Waals surface area contributed by atoms with Crippen molar-refractivity contribution in [2.24, 2.45) is 0 Å². The molecule has 0 saturated carbocycles. The molecular weight excluding hydrogens is 404 g/mol. The van der Waals surface area contributed by atoms with Gasteiger partial charge in [-0.3, -0.25) is 4.79 Å². The van der Waals surface area contributed by atoms with E-state index >= 15 is 0 Å². The predicted octanol–water partition coefficient (Wildman–Crippen LogP) is 4.68. The number of carbonyl (C=O) groups excluding carboxylic acids is 2. The average Bonchev–Trinajstić information content (AvgIpc) is 3.51. The van der Waals surface area contributed by atoms with Crippen LogP contribution in [0.15, 0.2) is 24.3 Å². The molecule has 1 aliphatic heterocycles. The fourth-order valence-electron chi connectivity index (χ4n) is 5.18. The monoisotopic (exact) mass is 434 g/mol. The second kappa shape index (κ2) is 8.58. The number of fused-ring (bicyclic) bond motifs is 3. The Kier molecular flexibility index (Phi) is 5.64. The summed E-state index contributed by atoms with van der Waals surface area (Å²) in [5.41, 5.74) is 6.68. The summed E-state index contributed by atoms with van der Waals surface area (Å²) in [5.74, 6) is -0.635. The first-order valence-corrected chi connectivity index (χ1v) is 11.6. The van der Waals surface area contributed by atoms with Gasteiger partial charge in [0.2, 0.25) is 5.78 Å². The van der Waals surface area contributed by atoms with Crippen LogP contribution in [0, 0.1) is 13.8 Å². The number of nitrogens with zero attached hydrogens (tertiary/aromatic N) is 1. The van der Waals surface area contributed by atoms with Crippen LogP contribution in [0.3, 0.4) is 0 Å². The Morgan fingerprint density at radius 1 is 1.16 bits per heavy atom. The molecule has 32 heavy (non-hydrogen) atoms. The van der Waals surface area contributed by atoms with Crippen LogP contribution in [0.2, 0.25) is 0 Å². The smallest absolute Gasteiger partial charge is 0.338 e. The third-order valence-corrected chi connectivity index (χ3v) is 6.95. The molecule has 1 atom stereocenters. The molecule has 6 heteroatoms. The van der Waals surface area contributed by atoms with E-state index in [2.05, 4.69) is 9.55 Å². The number of hydrogen-bond acceptors (Lipinski definition) is 4. The number of carbonyl (C=O) groups is 2. The van der Waals surface area contributed by atoms with Crippen LogP contribution < -0.4 is 0 Å². The zero-order chi connectivity index (χ0) is 22.2. The van der Waals surface area contributed by atoms with Crippen molar-refractivity contribution in [3.63, 3.8) is 0 Å². The maximum absolute atomic E-state index is 12.8.